The van der Waals surface area contributed by atoms with Crippen molar-refractivity contribution in [2.45, 2.75) is 39.0 Å². The Kier molecular flexibility index (Phi) is 5.15. The fourth-order valence-electron chi connectivity index (χ4n) is 4.43. The lowest BCUT2D eigenvalue weighted by molar-refractivity contribution is -0.138. The molecule has 2 aliphatic heterocycles. The summed E-state index contributed by atoms with van der Waals surface area (Å²) < 4.78 is 0. The Bertz CT molecular complexity index is 840. The lowest BCUT2D eigenvalue weighted by Gasteiger charge is -2.47. The zero-order chi connectivity index (χ0) is 19.6. The molecular formula is C21H27N5O2. The standard InChI is InChI=1S/C21H27N5O2/c1-16-3-8-22-13-18(16)20(28)25-10-6-21(7-11-25)5-2-19(27)26(14-21)9-4-17-12-23-15-24-17/h3,8,12-13,15H,2,4-7,9-11,14H2,1H3,(H,23,24). The highest BCUT2D eigenvalue weighted by Crippen LogP contribution is 2.40. The molecular weight excluding hydrogens is 354 g/mol. The van der Waals surface area contributed by atoms with Crippen LogP contribution in [0.2, 0.25) is 0 Å². The van der Waals surface area contributed by atoms with Gasteiger partial charge in [0.15, 0.2) is 0 Å². The molecule has 0 bridgehead atoms. The molecule has 2 saturated heterocycles. The third kappa shape index (κ3) is 3.79. The summed E-state index contributed by atoms with van der Waals surface area (Å²) in [6, 6.07) is 1.88. The van der Waals surface area contributed by atoms with Gasteiger partial charge in [-0.1, -0.05) is 0 Å². The summed E-state index contributed by atoms with van der Waals surface area (Å²) in [5.74, 6) is 0.318. The minimum absolute atomic E-state index is 0.0726. The smallest absolute Gasteiger partial charge is 0.255 e. The predicted octanol–water partition coefficient (Wildman–Crippen LogP) is 2.20. The van der Waals surface area contributed by atoms with Crippen molar-refractivity contribution in [3.8, 4) is 0 Å². The van der Waals surface area contributed by atoms with Crippen LogP contribution in [0, 0.1) is 12.3 Å². The van der Waals surface area contributed by atoms with E-state index in [1.165, 1.54) is 0 Å². The van der Waals surface area contributed by atoms with Crippen molar-refractivity contribution < 1.29 is 9.59 Å². The number of rotatable bonds is 4. The van der Waals surface area contributed by atoms with Crippen molar-refractivity contribution in [1.29, 1.82) is 0 Å². The van der Waals surface area contributed by atoms with Gasteiger partial charge < -0.3 is 14.8 Å². The first-order chi connectivity index (χ1) is 13.6. The van der Waals surface area contributed by atoms with E-state index in [9.17, 15) is 9.59 Å². The number of nitrogens with zero attached hydrogens (tertiary/aromatic N) is 4. The van der Waals surface area contributed by atoms with Crippen molar-refractivity contribution in [1.82, 2.24) is 24.8 Å². The van der Waals surface area contributed by atoms with Crippen molar-refractivity contribution in [2.75, 3.05) is 26.2 Å². The van der Waals surface area contributed by atoms with Gasteiger partial charge in [0.2, 0.25) is 5.91 Å². The van der Waals surface area contributed by atoms with Crippen LogP contribution >= 0.6 is 0 Å². The molecule has 2 aromatic rings. The van der Waals surface area contributed by atoms with Gasteiger partial charge in [0.1, 0.15) is 0 Å². The Labute approximate surface area is 165 Å². The number of aromatic amines is 1. The second-order valence-corrected chi connectivity index (χ2v) is 8.12. The third-order valence-electron chi connectivity index (χ3n) is 6.33. The first kappa shape index (κ1) is 18.7. The van der Waals surface area contributed by atoms with Gasteiger partial charge in [-0.2, -0.15) is 0 Å². The molecule has 2 fully saturated rings. The van der Waals surface area contributed by atoms with Crippen LogP contribution in [-0.4, -0.2) is 62.7 Å². The Morgan fingerprint density at radius 2 is 2.04 bits per heavy atom. The zero-order valence-corrected chi connectivity index (χ0v) is 16.4. The van der Waals surface area contributed by atoms with E-state index in [2.05, 4.69) is 15.0 Å². The second kappa shape index (κ2) is 7.73. The van der Waals surface area contributed by atoms with E-state index >= 15 is 0 Å². The fraction of sp³-hybridized carbons (Fsp3) is 0.524. The number of pyridine rings is 1. The number of piperidine rings is 2. The predicted molar refractivity (Wildman–Crippen MR) is 105 cm³/mol. The molecule has 4 heterocycles. The minimum atomic E-state index is 0.0726. The highest BCUT2D eigenvalue weighted by atomic mass is 16.2. The number of likely N-dealkylation sites (tertiary alicyclic amines) is 2. The van der Waals surface area contributed by atoms with Crippen molar-refractivity contribution >= 4 is 11.8 Å². The number of carbonyl (C=O) groups excluding carboxylic acids is 2. The molecule has 0 aromatic carbocycles. The van der Waals surface area contributed by atoms with Crippen LogP contribution in [0.3, 0.4) is 0 Å². The van der Waals surface area contributed by atoms with Gasteiger partial charge in [0, 0.05) is 63.3 Å². The van der Waals surface area contributed by atoms with E-state index in [1.807, 2.05) is 29.0 Å². The monoisotopic (exact) mass is 381 g/mol. The Hall–Kier alpha value is -2.70. The number of carbonyl (C=O) groups is 2. The van der Waals surface area contributed by atoms with E-state index in [-0.39, 0.29) is 17.2 Å². The Balaban J connectivity index is 1.37. The molecule has 1 spiro atoms. The maximum Gasteiger partial charge on any atom is 0.255 e. The van der Waals surface area contributed by atoms with E-state index in [0.29, 0.717) is 12.0 Å². The molecule has 0 aliphatic carbocycles. The summed E-state index contributed by atoms with van der Waals surface area (Å²) in [7, 11) is 0. The molecule has 2 aliphatic rings. The van der Waals surface area contributed by atoms with Crippen LogP contribution in [0.4, 0.5) is 0 Å². The van der Waals surface area contributed by atoms with Crippen molar-refractivity contribution in [2.24, 2.45) is 5.41 Å². The van der Waals surface area contributed by atoms with Crippen LogP contribution in [0.25, 0.3) is 0 Å². The van der Waals surface area contributed by atoms with Crippen LogP contribution in [-0.2, 0) is 11.2 Å². The maximum absolute atomic E-state index is 12.9. The quantitative estimate of drug-likeness (QED) is 0.880. The van der Waals surface area contributed by atoms with Gasteiger partial charge in [-0.15, -0.1) is 0 Å². The summed E-state index contributed by atoms with van der Waals surface area (Å²) in [6.45, 7) is 4.96. The number of aromatic nitrogens is 3. The first-order valence-electron chi connectivity index (χ1n) is 10.0. The van der Waals surface area contributed by atoms with E-state index in [4.69, 9.17) is 0 Å². The third-order valence-corrected chi connectivity index (χ3v) is 6.33. The first-order valence-corrected chi connectivity index (χ1v) is 10.0. The van der Waals surface area contributed by atoms with E-state index < -0.39 is 0 Å². The second-order valence-electron chi connectivity index (χ2n) is 8.12. The SMILES string of the molecule is Cc1ccncc1C(=O)N1CCC2(CCC(=O)N(CCc3cnc[nH]3)C2)CC1. The molecule has 0 radical (unpaired) electrons. The average Bonchev–Trinajstić information content (AvgIpc) is 3.23. The number of hydrogen-bond donors (Lipinski definition) is 1. The normalized spacial score (nSPS) is 19.2. The molecule has 28 heavy (non-hydrogen) atoms. The molecule has 0 atom stereocenters. The highest BCUT2D eigenvalue weighted by Gasteiger charge is 2.41. The van der Waals surface area contributed by atoms with Gasteiger partial charge in [0.05, 0.1) is 11.9 Å². The fourth-order valence-corrected chi connectivity index (χ4v) is 4.43. The van der Waals surface area contributed by atoms with Crippen LogP contribution in [0.15, 0.2) is 31.0 Å². The average molecular weight is 381 g/mol. The van der Waals surface area contributed by atoms with E-state index in [1.54, 1.807) is 18.7 Å². The maximum atomic E-state index is 12.9. The molecule has 2 amide bonds. The summed E-state index contributed by atoms with van der Waals surface area (Å²) >= 11 is 0. The number of imidazole rings is 1. The van der Waals surface area contributed by atoms with Crippen molar-refractivity contribution in [3.05, 3.63) is 47.8 Å². The van der Waals surface area contributed by atoms with Crippen LogP contribution in [0.1, 0.15) is 47.3 Å². The molecule has 2 aromatic heterocycles. The lowest BCUT2D eigenvalue weighted by atomic mass is 9.72. The number of H-pyrrole nitrogens is 1. The summed E-state index contributed by atoms with van der Waals surface area (Å²) in [4.78, 5) is 40.5. The Morgan fingerprint density at radius 1 is 1.21 bits per heavy atom. The lowest BCUT2D eigenvalue weighted by Crippen LogP contribution is -2.52. The van der Waals surface area contributed by atoms with Crippen LogP contribution in [0.5, 0.6) is 0 Å². The molecule has 148 valence electrons. The molecule has 1 N–H and O–H groups in total. The Morgan fingerprint density at radius 3 is 2.75 bits per heavy atom. The number of amides is 2. The highest BCUT2D eigenvalue weighted by molar-refractivity contribution is 5.95. The van der Waals surface area contributed by atoms with Crippen molar-refractivity contribution in [3.63, 3.8) is 0 Å². The molecule has 4 rings (SSSR count). The number of hydrogen-bond acceptors (Lipinski definition) is 4. The molecule has 0 unspecified atom stereocenters. The van der Waals surface area contributed by atoms with Crippen LogP contribution < -0.4 is 0 Å². The summed E-state index contributed by atoms with van der Waals surface area (Å²) in [5, 5.41) is 0. The zero-order valence-electron chi connectivity index (χ0n) is 16.4. The van der Waals surface area contributed by atoms with Gasteiger partial charge in [-0.3, -0.25) is 14.6 Å². The topological polar surface area (TPSA) is 82.2 Å². The molecule has 0 saturated carbocycles. The van der Waals surface area contributed by atoms with E-state index in [0.717, 1.165) is 63.1 Å². The largest absolute Gasteiger partial charge is 0.348 e. The summed E-state index contributed by atoms with van der Waals surface area (Å²) in [6.07, 6.45) is 11.1. The van der Waals surface area contributed by atoms with Gasteiger partial charge in [0.25, 0.3) is 5.91 Å². The number of nitrogens with one attached hydrogen (secondary N) is 1. The minimum Gasteiger partial charge on any atom is -0.348 e. The summed E-state index contributed by atoms with van der Waals surface area (Å²) in [5.41, 5.74) is 2.86. The van der Waals surface area contributed by atoms with Gasteiger partial charge in [-0.05, 0) is 43.2 Å². The van der Waals surface area contributed by atoms with Gasteiger partial charge >= 0.3 is 0 Å². The molecule has 7 nitrogen and oxygen atoms in total. The molecule has 7 heteroatoms. The van der Waals surface area contributed by atoms with Gasteiger partial charge in [-0.25, -0.2) is 4.98 Å². The number of aryl methyl sites for hydroxylation is 1.